The summed E-state index contributed by atoms with van der Waals surface area (Å²) in [4.78, 5) is 15.9. The van der Waals surface area contributed by atoms with Gasteiger partial charge in [0.05, 0.1) is 19.3 Å². The van der Waals surface area contributed by atoms with Crippen molar-refractivity contribution in [2.45, 2.75) is 36.3 Å². The second kappa shape index (κ2) is 6.29. The number of hydrogen-bond acceptors (Lipinski definition) is 4. The highest BCUT2D eigenvalue weighted by Gasteiger charge is 2.36. The number of ether oxygens (including phenoxy) is 1. The molecule has 0 amide bonds. The van der Waals surface area contributed by atoms with Crippen LogP contribution in [0.25, 0.3) is 0 Å². The van der Waals surface area contributed by atoms with Crippen LogP contribution in [0, 0.1) is 0 Å². The highest BCUT2D eigenvalue weighted by molar-refractivity contribution is 7.98. The topological polar surface area (TPSA) is 29.5 Å². The maximum absolute atomic E-state index is 12.4. The second-order valence-electron chi connectivity index (χ2n) is 5.53. The van der Waals surface area contributed by atoms with E-state index in [1.807, 2.05) is 30.5 Å². The summed E-state index contributed by atoms with van der Waals surface area (Å²) in [5.41, 5.74) is 0.823. The summed E-state index contributed by atoms with van der Waals surface area (Å²) in [5, 5.41) is 0. The van der Waals surface area contributed by atoms with Crippen molar-refractivity contribution in [3.63, 3.8) is 0 Å². The van der Waals surface area contributed by atoms with E-state index in [1.165, 1.54) is 17.7 Å². The number of nitrogens with zero attached hydrogens (tertiary/aromatic N) is 1. The van der Waals surface area contributed by atoms with Gasteiger partial charge in [0.25, 0.3) is 0 Å². The lowest BCUT2D eigenvalue weighted by Crippen LogP contribution is -2.50. The molecule has 1 aliphatic carbocycles. The van der Waals surface area contributed by atoms with Crippen LogP contribution in [0.4, 0.5) is 0 Å². The molecule has 4 heteroatoms. The third-order valence-electron chi connectivity index (χ3n) is 4.36. The van der Waals surface area contributed by atoms with Crippen LogP contribution in [0.3, 0.4) is 0 Å². The molecule has 1 saturated heterocycles. The number of benzene rings is 1. The average Bonchev–Trinajstić information content (AvgIpc) is 2.97. The molecule has 0 N–H and O–H groups in total. The van der Waals surface area contributed by atoms with E-state index in [0.717, 1.165) is 25.1 Å². The van der Waals surface area contributed by atoms with Crippen LogP contribution >= 0.6 is 11.8 Å². The Morgan fingerprint density at radius 2 is 2.15 bits per heavy atom. The lowest BCUT2D eigenvalue weighted by molar-refractivity contribution is -0.0522. The predicted octanol–water partition coefficient (Wildman–Crippen LogP) is 2.84. The van der Waals surface area contributed by atoms with Crippen LogP contribution in [0.1, 0.15) is 29.6 Å². The number of carbonyl (C=O) groups is 1. The van der Waals surface area contributed by atoms with Gasteiger partial charge >= 0.3 is 0 Å². The Morgan fingerprint density at radius 1 is 1.35 bits per heavy atom. The van der Waals surface area contributed by atoms with Gasteiger partial charge in [0.2, 0.25) is 0 Å². The first-order valence-electron chi connectivity index (χ1n) is 7.31. The van der Waals surface area contributed by atoms with Gasteiger partial charge in [-0.1, -0.05) is 12.1 Å². The van der Waals surface area contributed by atoms with E-state index >= 15 is 0 Å². The molecule has 1 heterocycles. The third kappa shape index (κ3) is 2.92. The molecule has 0 spiro atoms. The molecule has 1 aromatic rings. The summed E-state index contributed by atoms with van der Waals surface area (Å²) in [7, 11) is 0. The van der Waals surface area contributed by atoms with E-state index in [4.69, 9.17) is 4.74 Å². The van der Waals surface area contributed by atoms with Crippen molar-refractivity contribution in [1.82, 2.24) is 4.90 Å². The van der Waals surface area contributed by atoms with Crippen molar-refractivity contribution in [3.8, 4) is 0 Å². The van der Waals surface area contributed by atoms with Crippen molar-refractivity contribution in [2.24, 2.45) is 0 Å². The van der Waals surface area contributed by atoms with E-state index in [1.54, 1.807) is 11.8 Å². The molecule has 3 nitrogen and oxygen atoms in total. The van der Waals surface area contributed by atoms with E-state index in [0.29, 0.717) is 18.7 Å². The van der Waals surface area contributed by atoms with Gasteiger partial charge in [-0.25, -0.2) is 0 Å². The number of rotatable bonds is 4. The SMILES string of the molecule is CSc1ccc(C(=O)CN2CCOC3CCCC32)cc1. The van der Waals surface area contributed by atoms with Crippen molar-refractivity contribution in [2.75, 3.05) is 26.0 Å². The fraction of sp³-hybridized carbons (Fsp3) is 0.562. The Morgan fingerprint density at radius 3 is 2.90 bits per heavy atom. The summed E-state index contributed by atoms with van der Waals surface area (Å²) >= 11 is 1.70. The summed E-state index contributed by atoms with van der Waals surface area (Å²) in [6, 6.07) is 8.39. The van der Waals surface area contributed by atoms with Crippen LogP contribution in [-0.4, -0.2) is 48.8 Å². The number of ketones is 1. The van der Waals surface area contributed by atoms with Gasteiger partial charge < -0.3 is 4.74 Å². The molecule has 2 unspecified atom stereocenters. The predicted molar refractivity (Wildman–Crippen MR) is 81.5 cm³/mol. The van der Waals surface area contributed by atoms with E-state index in [-0.39, 0.29) is 5.78 Å². The number of hydrogen-bond donors (Lipinski definition) is 0. The zero-order valence-corrected chi connectivity index (χ0v) is 12.7. The third-order valence-corrected chi connectivity index (χ3v) is 5.10. The lowest BCUT2D eigenvalue weighted by atomic mass is 10.1. The molecule has 108 valence electrons. The molecule has 20 heavy (non-hydrogen) atoms. The van der Waals surface area contributed by atoms with Crippen molar-refractivity contribution in [1.29, 1.82) is 0 Å². The monoisotopic (exact) mass is 291 g/mol. The van der Waals surface area contributed by atoms with Gasteiger partial charge in [0.1, 0.15) is 0 Å². The fourth-order valence-corrected chi connectivity index (χ4v) is 3.66. The Kier molecular flexibility index (Phi) is 4.44. The molecule has 1 aliphatic heterocycles. The molecule has 0 bridgehead atoms. The molecule has 3 rings (SSSR count). The minimum absolute atomic E-state index is 0.227. The molecule has 0 aromatic heterocycles. The number of fused-ring (bicyclic) bond motifs is 1. The van der Waals surface area contributed by atoms with Crippen molar-refractivity contribution in [3.05, 3.63) is 29.8 Å². The summed E-state index contributed by atoms with van der Waals surface area (Å²) in [6.45, 7) is 2.18. The van der Waals surface area contributed by atoms with E-state index in [2.05, 4.69) is 4.90 Å². The lowest BCUT2D eigenvalue weighted by Gasteiger charge is -2.37. The Bertz CT molecular complexity index is 474. The quantitative estimate of drug-likeness (QED) is 0.630. The van der Waals surface area contributed by atoms with Gasteiger partial charge in [-0.05, 0) is 37.7 Å². The van der Waals surface area contributed by atoms with Crippen LogP contribution < -0.4 is 0 Å². The fourth-order valence-electron chi connectivity index (χ4n) is 3.25. The van der Waals surface area contributed by atoms with Gasteiger partial charge in [-0.15, -0.1) is 11.8 Å². The van der Waals surface area contributed by atoms with Crippen LogP contribution in [0.15, 0.2) is 29.2 Å². The first kappa shape index (κ1) is 14.1. The first-order valence-corrected chi connectivity index (χ1v) is 8.53. The Labute approximate surface area is 124 Å². The number of thioether (sulfide) groups is 1. The van der Waals surface area contributed by atoms with Gasteiger partial charge in [-0.2, -0.15) is 0 Å². The number of Topliss-reactive ketones (excluding diaryl/α,β-unsaturated/α-hetero) is 1. The smallest absolute Gasteiger partial charge is 0.176 e. The zero-order chi connectivity index (χ0) is 13.9. The van der Waals surface area contributed by atoms with Crippen molar-refractivity contribution >= 4 is 17.5 Å². The highest BCUT2D eigenvalue weighted by atomic mass is 32.2. The van der Waals surface area contributed by atoms with Crippen LogP contribution in [-0.2, 0) is 4.74 Å². The van der Waals surface area contributed by atoms with Gasteiger partial charge in [0.15, 0.2) is 5.78 Å². The average molecular weight is 291 g/mol. The first-order chi connectivity index (χ1) is 9.78. The Balaban J connectivity index is 1.65. The molecule has 2 aliphatic rings. The van der Waals surface area contributed by atoms with Crippen LogP contribution in [0.5, 0.6) is 0 Å². The van der Waals surface area contributed by atoms with Gasteiger partial charge in [-0.3, -0.25) is 9.69 Å². The zero-order valence-electron chi connectivity index (χ0n) is 11.9. The summed E-state index contributed by atoms with van der Waals surface area (Å²) in [5.74, 6) is 0.227. The summed E-state index contributed by atoms with van der Waals surface area (Å²) < 4.78 is 5.79. The minimum Gasteiger partial charge on any atom is -0.375 e. The second-order valence-corrected chi connectivity index (χ2v) is 6.41. The van der Waals surface area contributed by atoms with E-state index in [9.17, 15) is 4.79 Å². The van der Waals surface area contributed by atoms with Gasteiger partial charge in [0, 0.05) is 23.0 Å². The maximum atomic E-state index is 12.4. The van der Waals surface area contributed by atoms with Crippen molar-refractivity contribution < 1.29 is 9.53 Å². The molecule has 0 radical (unpaired) electrons. The molecule has 1 saturated carbocycles. The number of morpholine rings is 1. The Hall–Kier alpha value is -0.840. The highest BCUT2D eigenvalue weighted by Crippen LogP contribution is 2.29. The molecule has 1 aromatic carbocycles. The maximum Gasteiger partial charge on any atom is 0.176 e. The molecule has 2 fully saturated rings. The largest absolute Gasteiger partial charge is 0.375 e. The van der Waals surface area contributed by atoms with Crippen LogP contribution in [0.2, 0.25) is 0 Å². The van der Waals surface area contributed by atoms with E-state index < -0.39 is 0 Å². The summed E-state index contributed by atoms with van der Waals surface area (Å²) in [6.07, 6.45) is 5.95. The molecular formula is C16H21NO2S. The molecular weight excluding hydrogens is 270 g/mol. The standard InChI is InChI=1S/C16H21NO2S/c1-20-13-7-5-12(6-8-13)15(18)11-17-9-10-19-16-4-2-3-14(16)17/h5-8,14,16H,2-4,9-11H2,1H3. The number of carbonyl (C=O) groups excluding carboxylic acids is 1. The normalized spacial score (nSPS) is 26.4. The molecule has 2 atom stereocenters. The minimum atomic E-state index is 0.227.